The third-order valence-electron chi connectivity index (χ3n) is 3.78. The molecule has 0 aliphatic heterocycles. The Labute approximate surface area is 90.6 Å². The maximum atomic E-state index is 9.89. The minimum absolute atomic E-state index is 0.0586. The predicted molar refractivity (Wildman–Crippen MR) is 59.9 cm³/mol. The highest BCUT2D eigenvalue weighted by Gasteiger charge is 2.42. The molecule has 2 N–H and O–H groups in total. The SMILES string of the molecule is CC1(C)C(O)CCC1c1ccc(O)cc1. The molecule has 1 aromatic carbocycles. The molecular formula is C13H18O2. The van der Waals surface area contributed by atoms with Crippen LogP contribution in [0, 0.1) is 5.41 Å². The van der Waals surface area contributed by atoms with Crippen LogP contribution in [0.25, 0.3) is 0 Å². The lowest BCUT2D eigenvalue weighted by Crippen LogP contribution is -2.27. The number of rotatable bonds is 1. The smallest absolute Gasteiger partial charge is 0.115 e. The zero-order chi connectivity index (χ0) is 11.1. The van der Waals surface area contributed by atoms with Gasteiger partial charge in [-0.2, -0.15) is 0 Å². The second kappa shape index (κ2) is 3.53. The maximum Gasteiger partial charge on any atom is 0.115 e. The molecule has 2 heteroatoms. The van der Waals surface area contributed by atoms with Crippen LogP contribution < -0.4 is 0 Å². The van der Waals surface area contributed by atoms with Crippen LogP contribution in [0.3, 0.4) is 0 Å². The molecule has 1 aliphatic rings. The number of hydrogen-bond acceptors (Lipinski definition) is 2. The molecule has 82 valence electrons. The second-order valence-electron chi connectivity index (χ2n) is 5.06. The summed E-state index contributed by atoms with van der Waals surface area (Å²) in [5.74, 6) is 0.697. The van der Waals surface area contributed by atoms with Crippen molar-refractivity contribution < 1.29 is 10.2 Å². The molecule has 2 rings (SSSR count). The number of aliphatic hydroxyl groups is 1. The lowest BCUT2D eigenvalue weighted by Gasteiger charge is -2.30. The number of benzene rings is 1. The Bertz CT molecular complexity index is 340. The molecule has 1 aliphatic carbocycles. The first-order valence-electron chi connectivity index (χ1n) is 5.49. The van der Waals surface area contributed by atoms with Gasteiger partial charge in [-0.25, -0.2) is 0 Å². The highest BCUT2D eigenvalue weighted by atomic mass is 16.3. The maximum absolute atomic E-state index is 9.89. The lowest BCUT2D eigenvalue weighted by molar-refractivity contribution is 0.0706. The van der Waals surface area contributed by atoms with Gasteiger partial charge < -0.3 is 10.2 Å². The van der Waals surface area contributed by atoms with Gasteiger partial charge in [0.1, 0.15) is 5.75 Å². The van der Waals surface area contributed by atoms with Crippen molar-refractivity contribution >= 4 is 0 Å². The largest absolute Gasteiger partial charge is 0.508 e. The molecule has 0 amide bonds. The molecule has 1 aromatic rings. The number of phenolic OH excluding ortho intramolecular Hbond substituents is 1. The summed E-state index contributed by atoms with van der Waals surface area (Å²) in [5.41, 5.74) is 1.16. The monoisotopic (exact) mass is 206 g/mol. The van der Waals surface area contributed by atoms with E-state index in [2.05, 4.69) is 13.8 Å². The molecular weight excluding hydrogens is 188 g/mol. The molecule has 0 bridgehead atoms. The van der Waals surface area contributed by atoms with Gasteiger partial charge in [-0.1, -0.05) is 26.0 Å². The van der Waals surface area contributed by atoms with Gasteiger partial charge in [0, 0.05) is 0 Å². The molecule has 15 heavy (non-hydrogen) atoms. The fourth-order valence-electron chi connectivity index (χ4n) is 2.60. The van der Waals surface area contributed by atoms with E-state index in [9.17, 15) is 10.2 Å². The van der Waals surface area contributed by atoms with Crippen LogP contribution >= 0.6 is 0 Å². The minimum Gasteiger partial charge on any atom is -0.508 e. The van der Waals surface area contributed by atoms with E-state index in [-0.39, 0.29) is 11.5 Å². The van der Waals surface area contributed by atoms with Crippen LogP contribution in [0.15, 0.2) is 24.3 Å². The zero-order valence-electron chi connectivity index (χ0n) is 9.27. The quantitative estimate of drug-likeness (QED) is 0.741. The van der Waals surface area contributed by atoms with E-state index in [0.717, 1.165) is 12.8 Å². The fourth-order valence-corrected chi connectivity index (χ4v) is 2.60. The van der Waals surface area contributed by atoms with Gasteiger partial charge >= 0.3 is 0 Å². The summed E-state index contributed by atoms with van der Waals surface area (Å²) >= 11 is 0. The summed E-state index contributed by atoms with van der Waals surface area (Å²) in [4.78, 5) is 0. The Morgan fingerprint density at radius 2 is 1.73 bits per heavy atom. The summed E-state index contributed by atoms with van der Waals surface area (Å²) in [7, 11) is 0. The zero-order valence-corrected chi connectivity index (χ0v) is 9.27. The molecule has 2 atom stereocenters. The van der Waals surface area contributed by atoms with E-state index in [0.29, 0.717) is 11.7 Å². The Balaban J connectivity index is 2.28. The van der Waals surface area contributed by atoms with Crippen molar-refractivity contribution in [1.82, 2.24) is 0 Å². The molecule has 2 unspecified atom stereocenters. The first-order chi connectivity index (χ1) is 7.01. The van der Waals surface area contributed by atoms with Crippen LogP contribution in [-0.2, 0) is 0 Å². The summed E-state index contributed by atoms with van der Waals surface area (Å²) in [5, 5.41) is 19.1. The third kappa shape index (κ3) is 1.74. The first-order valence-corrected chi connectivity index (χ1v) is 5.49. The van der Waals surface area contributed by atoms with E-state index < -0.39 is 0 Å². The van der Waals surface area contributed by atoms with Gasteiger partial charge in [-0.3, -0.25) is 0 Å². The van der Waals surface area contributed by atoms with Crippen LogP contribution in [0.4, 0.5) is 0 Å². The van der Waals surface area contributed by atoms with Crippen molar-refractivity contribution in [2.45, 2.75) is 38.7 Å². The standard InChI is InChI=1S/C13H18O2/c1-13(2)11(7-8-12(13)15)9-3-5-10(14)6-4-9/h3-6,11-12,14-15H,7-8H2,1-2H3. The fraction of sp³-hybridized carbons (Fsp3) is 0.538. The Morgan fingerprint density at radius 1 is 1.13 bits per heavy atom. The summed E-state index contributed by atoms with van der Waals surface area (Å²) in [6, 6.07) is 7.35. The second-order valence-corrected chi connectivity index (χ2v) is 5.06. The van der Waals surface area contributed by atoms with Crippen molar-refractivity contribution in [2.24, 2.45) is 5.41 Å². The van der Waals surface area contributed by atoms with Gasteiger partial charge in [0.05, 0.1) is 6.10 Å². The van der Waals surface area contributed by atoms with Crippen molar-refractivity contribution in [1.29, 1.82) is 0 Å². The summed E-state index contributed by atoms with van der Waals surface area (Å²) < 4.78 is 0. The van der Waals surface area contributed by atoms with E-state index in [1.54, 1.807) is 12.1 Å². The van der Waals surface area contributed by atoms with Crippen molar-refractivity contribution in [3.05, 3.63) is 29.8 Å². The molecule has 1 saturated carbocycles. The molecule has 0 radical (unpaired) electrons. The Hall–Kier alpha value is -1.02. The topological polar surface area (TPSA) is 40.5 Å². The highest BCUT2D eigenvalue weighted by Crippen LogP contribution is 2.48. The summed E-state index contributed by atoms with van der Waals surface area (Å²) in [6.07, 6.45) is 1.69. The highest BCUT2D eigenvalue weighted by molar-refractivity contribution is 5.30. The van der Waals surface area contributed by atoms with Gasteiger partial charge in [0.25, 0.3) is 0 Å². The molecule has 0 spiro atoms. The van der Waals surface area contributed by atoms with E-state index in [1.807, 2.05) is 12.1 Å². The number of aromatic hydroxyl groups is 1. The third-order valence-corrected chi connectivity index (χ3v) is 3.78. The lowest BCUT2D eigenvalue weighted by atomic mass is 9.76. The molecule has 1 fully saturated rings. The van der Waals surface area contributed by atoms with E-state index >= 15 is 0 Å². The van der Waals surface area contributed by atoms with E-state index in [1.165, 1.54) is 5.56 Å². The van der Waals surface area contributed by atoms with Crippen molar-refractivity contribution in [3.8, 4) is 5.75 Å². The average molecular weight is 206 g/mol. The number of phenols is 1. The van der Waals surface area contributed by atoms with Crippen LogP contribution in [0.5, 0.6) is 5.75 Å². The van der Waals surface area contributed by atoms with Crippen LogP contribution in [0.2, 0.25) is 0 Å². The van der Waals surface area contributed by atoms with Crippen LogP contribution in [0.1, 0.15) is 38.2 Å². The van der Waals surface area contributed by atoms with Gasteiger partial charge in [-0.15, -0.1) is 0 Å². The van der Waals surface area contributed by atoms with Gasteiger partial charge in [0.15, 0.2) is 0 Å². The predicted octanol–water partition coefficient (Wildman–Crippen LogP) is 2.66. The van der Waals surface area contributed by atoms with Crippen molar-refractivity contribution in [3.63, 3.8) is 0 Å². The normalized spacial score (nSPS) is 29.3. The first kappa shape index (κ1) is 10.5. The molecule has 2 nitrogen and oxygen atoms in total. The van der Waals surface area contributed by atoms with Gasteiger partial charge in [-0.05, 0) is 41.9 Å². The molecule has 0 saturated heterocycles. The Morgan fingerprint density at radius 3 is 2.20 bits per heavy atom. The minimum atomic E-state index is -0.212. The van der Waals surface area contributed by atoms with Crippen LogP contribution in [-0.4, -0.2) is 16.3 Å². The van der Waals surface area contributed by atoms with Crippen molar-refractivity contribution in [2.75, 3.05) is 0 Å². The molecule has 0 heterocycles. The molecule has 0 aromatic heterocycles. The average Bonchev–Trinajstić information content (AvgIpc) is 2.44. The number of hydrogen-bond donors (Lipinski definition) is 2. The van der Waals surface area contributed by atoms with E-state index in [4.69, 9.17) is 0 Å². The Kier molecular flexibility index (Phi) is 2.47. The summed E-state index contributed by atoms with van der Waals surface area (Å²) in [6.45, 7) is 4.23. The number of aliphatic hydroxyl groups excluding tert-OH is 1. The van der Waals surface area contributed by atoms with Gasteiger partial charge in [0.2, 0.25) is 0 Å².